The molecule has 0 aromatic rings. The Hall–Kier alpha value is 0.230. The van der Waals surface area contributed by atoms with Gasteiger partial charge in [0.25, 0.3) is 0 Å². The summed E-state index contributed by atoms with van der Waals surface area (Å²) in [5, 5.41) is -0.0581. The molecule has 2 heteroatoms. The minimum atomic E-state index is -2.13. The van der Waals surface area contributed by atoms with Gasteiger partial charge in [-0.3, -0.25) is 0 Å². The summed E-state index contributed by atoms with van der Waals surface area (Å²) in [4.78, 5) is 0. The van der Waals surface area contributed by atoms with Crippen molar-refractivity contribution in [3.05, 3.63) is 0 Å². The van der Waals surface area contributed by atoms with Crippen LogP contribution in [0, 0.1) is 16.7 Å². The summed E-state index contributed by atoms with van der Waals surface area (Å²) in [5.74, 6) is 0.537. The highest BCUT2D eigenvalue weighted by Crippen LogP contribution is 2.60. The van der Waals surface area contributed by atoms with E-state index in [4.69, 9.17) is 0 Å². The average Bonchev–Trinajstić information content (AvgIpc) is 1.91. The SMILES string of the molecule is CC(CC(C)(C)C)CP(C)(=O)C(C)(C)CC(C)(C)C. The van der Waals surface area contributed by atoms with Gasteiger partial charge >= 0.3 is 0 Å². The Kier molecular flexibility index (Phi) is 5.99. The molecule has 0 amide bonds. The number of hydrogen-bond acceptors (Lipinski definition) is 1. The first-order chi connectivity index (χ1) is 8.06. The van der Waals surface area contributed by atoms with Crippen LogP contribution in [0.15, 0.2) is 0 Å². The standard InChI is InChI=1S/C17H37OP/c1-14(11-15(2,3)4)12-19(10,18)17(8,9)13-16(5,6)7/h14H,11-13H2,1-10H3. The van der Waals surface area contributed by atoms with E-state index in [1.165, 1.54) is 0 Å². The number of rotatable bonds is 5. The lowest BCUT2D eigenvalue weighted by Crippen LogP contribution is -2.29. The Morgan fingerprint density at radius 1 is 0.895 bits per heavy atom. The molecule has 0 heterocycles. The Balaban J connectivity index is 4.83. The summed E-state index contributed by atoms with van der Waals surface area (Å²) >= 11 is 0. The Labute approximate surface area is 122 Å². The van der Waals surface area contributed by atoms with Crippen LogP contribution in [0.1, 0.15) is 75.2 Å². The monoisotopic (exact) mass is 288 g/mol. The maximum Gasteiger partial charge on any atom is 0.0904 e. The molecule has 0 bridgehead atoms. The molecule has 19 heavy (non-hydrogen) atoms. The Morgan fingerprint density at radius 3 is 1.63 bits per heavy atom. The van der Waals surface area contributed by atoms with Gasteiger partial charge in [-0.05, 0) is 36.3 Å². The predicted molar refractivity (Wildman–Crippen MR) is 89.8 cm³/mol. The quantitative estimate of drug-likeness (QED) is 0.545. The van der Waals surface area contributed by atoms with Gasteiger partial charge < -0.3 is 4.57 Å². The van der Waals surface area contributed by atoms with Gasteiger partial charge in [-0.1, -0.05) is 62.3 Å². The van der Waals surface area contributed by atoms with E-state index in [9.17, 15) is 4.57 Å². The van der Waals surface area contributed by atoms with E-state index in [1.54, 1.807) is 0 Å². The average molecular weight is 288 g/mol. The zero-order valence-electron chi connectivity index (χ0n) is 15.1. The summed E-state index contributed by atoms with van der Waals surface area (Å²) in [7, 11) is -2.13. The molecule has 0 spiro atoms. The van der Waals surface area contributed by atoms with Crippen LogP contribution in [0.2, 0.25) is 0 Å². The van der Waals surface area contributed by atoms with Crippen LogP contribution in [0.3, 0.4) is 0 Å². The molecule has 116 valence electrons. The third-order valence-corrected chi connectivity index (χ3v) is 7.90. The lowest BCUT2D eigenvalue weighted by atomic mass is 9.85. The molecule has 0 aliphatic rings. The highest BCUT2D eigenvalue weighted by atomic mass is 31.2. The van der Waals surface area contributed by atoms with E-state index < -0.39 is 7.14 Å². The van der Waals surface area contributed by atoms with E-state index >= 15 is 0 Å². The lowest BCUT2D eigenvalue weighted by molar-refractivity contribution is 0.312. The molecule has 0 N–H and O–H groups in total. The van der Waals surface area contributed by atoms with Crippen LogP contribution in [0.4, 0.5) is 0 Å². The van der Waals surface area contributed by atoms with E-state index in [1.807, 2.05) is 6.66 Å². The second kappa shape index (κ2) is 5.92. The summed E-state index contributed by atoms with van der Waals surface area (Å²) in [6.07, 6.45) is 3.06. The van der Waals surface area contributed by atoms with Gasteiger partial charge in [0.2, 0.25) is 0 Å². The fourth-order valence-corrected chi connectivity index (χ4v) is 6.04. The lowest BCUT2D eigenvalue weighted by Gasteiger charge is -2.39. The van der Waals surface area contributed by atoms with Gasteiger partial charge in [0.1, 0.15) is 0 Å². The van der Waals surface area contributed by atoms with Crippen molar-refractivity contribution in [2.24, 2.45) is 16.7 Å². The van der Waals surface area contributed by atoms with Crippen LogP contribution in [-0.2, 0) is 4.57 Å². The van der Waals surface area contributed by atoms with Gasteiger partial charge in [-0.15, -0.1) is 0 Å². The van der Waals surface area contributed by atoms with Crippen molar-refractivity contribution in [3.63, 3.8) is 0 Å². The Morgan fingerprint density at radius 2 is 1.32 bits per heavy atom. The molecule has 0 radical (unpaired) electrons. The van der Waals surface area contributed by atoms with Crippen molar-refractivity contribution < 1.29 is 4.57 Å². The highest BCUT2D eigenvalue weighted by Gasteiger charge is 2.40. The maximum atomic E-state index is 13.2. The molecule has 0 aliphatic heterocycles. The first-order valence-electron chi connectivity index (χ1n) is 7.62. The second-order valence-electron chi connectivity index (χ2n) is 9.70. The van der Waals surface area contributed by atoms with Crippen LogP contribution < -0.4 is 0 Å². The summed E-state index contributed by atoms with van der Waals surface area (Å²) in [5.41, 5.74) is 0.565. The van der Waals surface area contributed by atoms with Gasteiger partial charge in [0.05, 0.1) is 7.14 Å². The molecule has 0 aromatic carbocycles. The smallest absolute Gasteiger partial charge is 0.0904 e. The van der Waals surface area contributed by atoms with Crippen LogP contribution in [0.5, 0.6) is 0 Å². The van der Waals surface area contributed by atoms with Crippen molar-refractivity contribution >= 4 is 7.14 Å². The van der Waals surface area contributed by atoms with Crippen molar-refractivity contribution in [2.75, 3.05) is 12.8 Å². The molecule has 2 unspecified atom stereocenters. The van der Waals surface area contributed by atoms with E-state index in [2.05, 4.69) is 62.3 Å². The second-order valence-corrected chi connectivity index (χ2v) is 13.5. The van der Waals surface area contributed by atoms with Gasteiger partial charge in [0, 0.05) is 11.3 Å². The minimum absolute atomic E-state index is 0.0581. The van der Waals surface area contributed by atoms with Gasteiger partial charge in [-0.25, -0.2) is 0 Å². The fraction of sp³-hybridized carbons (Fsp3) is 1.00. The molecule has 0 fully saturated rings. The molecule has 0 aliphatic carbocycles. The summed E-state index contributed by atoms with van der Waals surface area (Å²) < 4.78 is 13.2. The van der Waals surface area contributed by atoms with Gasteiger partial charge in [0.15, 0.2) is 0 Å². The summed E-state index contributed by atoms with van der Waals surface area (Å²) in [6, 6.07) is 0. The van der Waals surface area contributed by atoms with Crippen molar-refractivity contribution in [1.29, 1.82) is 0 Å². The third kappa shape index (κ3) is 7.54. The molecule has 0 saturated carbocycles. The molecular weight excluding hydrogens is 251 g/mol. The topological polar surface area (TPSA) is 17.1 Å². The van der Waals surface area contributed by atoms with Crippen LogP contribution in [0.25, 0.3) is 0 Å². The first kappa shape index (κ1) is 19.2. The first-order valence-corrected chi connectivity index (χ1v) is 9.96. The normalized spacial score (nSPS) is 19.1. The molecule has 0 saturated heterocycles. The van der Waals surface area contributed by atoms with Crippen molar-refractivity contribution in [2.45, 2.75) is 80.3 Å². The van der Waals surface area contributed by atoms with Crippen LogP contribution >= 0.6 is 7.14 Å². The molecule has 0 aromatic heterocycles. The zero-order valence-corrected chi connectivity index (χ0v) is 15.9. The predicted octanol–water partition coefficient (Wildman–Crippen LogP) is 6.27. The third-order valence-electron chi connectivity index (χ3n) is 3.86. The van der Waals surface area contributed by atoms with E-state index in [0.717, 1.165) is 19.0 Å². The van der Waals surface area contributed by atoms with Crippen molar-refractivity contribution in [1.82, 2.24) is 0 Å². The molecular formula is C17H37OP. The zero-order chi connectivity index (χ0) is 15.7. The molecule has 2 atom stereocenters. The van der Waals surface area contributed by atoms with E-state index in [-0.39, 0.29) is 10.6 Å². The van der Waals surface area contributed by atoms with Crippen LogP contribution in [-0.4, -0.2) is 18.0 Å². The number of hydrogen-bond donors (Lipinski definition) is 0. The molecule has 0 rings (SSSR count). The maximum absolute atomic E-state index is 13.2. The summed E-state index contributed by atoms with van der Waals surface area (Å²) in [6.45, 7) is 22.2. The minimum Gasteiger partial charge on any atom is -0.323 e. The fourth-order valence-electron chi connectivity index (χ4n) is 3.42. The molecule has 1 nitrogen and oxygen atoms in total. The highest BCUT2D eigenvalue weighted by molar-refractivity contribution is 7.64. The van der Waals surface area contributed by atoms with Crippen molar-refractivity contribution in [3.8, 4) is 0 Å². The largest absolute Gasteiger partial charge is 0.323 e. The Bertz CT molecular complexity index is 328. The van der Waals surface area contributed by atoms with Gasteiger partial charge in [-0.2, -0.15) is 0 Å². The van der Waals surface area contributed by atoms with E-state index in [0.29, 0.717) is 11.3 Å².